The Bertz CT molecular complexity index is 290. The molecule has 1 heterocycles. The molecular weight excluding hydrogens is 237 g/mol. The van der Waals surface area contributed by atoms with Crippen molar-refractivity contribution in [3.05, 3.63) is 29.6 Å². The quantitative estimate of drug-likeness (QED) is 0.736. The number of hydrogen-bond donors (Lipinski definition) is 2. The molecule has 0 aromatic carbocycles. The first-order valence-electron chi connectivity index (χ1n) is 3.04. The van der Waals surface area contributed by atoms with Gasteiger partial charge in [0.2, 0.25) is 0 Å². The predicted molar refractivity (Wildman–Crippen MR) is 41.8 cm³/mol. The predicted octanol–water partition coefficient (Wildman–Crippen LogP) is -0.349. The number of hydrogen-bond acceptors (Lipinski definition) is 3. The van der Waals surface area contributed by atoms with Crippen molar-refractivity contribution in [2.45, 2.75) is 0 Å². The fourth-order valence-corrected chi connectivity index (χ4v) is 0.647. The van der Waals surface area contributed by atoms with Gasteiger partial charge in [0.25, 0.3) is 0 Å². The average Bonchev–Trinajstić information content (AvgIpc) is 2.04. The summed E-state index contributed by atoms with van der Waals surface area (Å²) >= 11 is 0. The van der Waals surface area contributed by atoms with E-state index in [0.29, 0.717) is 0 Å². The summed E-state index contributed by atoms with van der Waals surface area (Å²) in [5, 5.41) is 16.8. The number of rotatable bonds is 2. The summed E-state index contributed by atoms with van der Waals surface area (Å²) in [5.41, 5.74) is -0.194. The molecule has 0 saturated carbocycles. The molecule has 0 atom stereocenters. The minimum absolute atomic E-state index is 0. The van der Waals surface area contributed by atoms with Crippen LogP contribution in [0.2, 0.25) is 0 Å². The summed E-state index contributed by atoms with van der Waals surface area (Å²) in [4.78, 5) is 24.0. The molecule has 79 valence electrons. The van der Waals surface area contributed by atoms with E-state index < -0.39 is 11.9 Å². The average molecular weight is 244 g/mol. The maximum absolute atomic E-state index is 10.3. The van der Waals surface area contributed by atoms with Crippen LogP contribution in [-0.4, -0.2) is 32.6 Å². The number of aromatic nitrogens is 1. The van der Waals surface area contributed by atoms with Gasteiger partial charge in [-0.25, -0.2) is 14.6 Å². The van der Waals surface area contributed by atoms with Crippen LogP contribution in [0.3, 0.4) is 0 Å². The number of pyridine rings is 1. The van der Waals surface area contributed by atoms with Crippen LogP contribution in [0.25, 0.3) is 0 Å². The van der Waals surface area contributed by atoms with Crippen LogP contribution in [0, 0.1) is 0 Å². The maximum atomic E-state index is 10.3. The van der Waals surface area contributed by atoms with E-state index in [-0.39, 0.29) is 33.5 Å². The minimum Gasteiger partial charge on any atom is -0.478 e. The van der Waals surface area contributed by atoms with Gasteiger partial charge >= 0.3 is 11.9 Å². The molecule has 1 radical (unpaired) electrons. The van der Waals surface area contributed by atoms with Gasteiger partial charge in [-0.2, -0.15) is 0 Å². The molecule has 0 fully saturated rings. The smallest absolute Gasteiger partial charge is 0.354 e. The van der Waals surface area contributed by atoms with Crippen molar-refractivity contribution in [2.24, 2.45) is 0 Å². The number of aromatic carboxylic acids is 2. The number of carboxylic acid groups (broad SMARTS) is 2. The fraction of sp³-hybridized carbons (Fsp3) is 0. The summed E-state index contributed by atoms with van der Waals surface area (Å²) in [6.07, 6.45) is 1.01. The molecule has 0 unspecified atom stereocenters. The van der Waals surface area contributed by atoms with Crippen molar-refractivity contribution in [1.82, 2.24) is 4.98 Å². The zero-order valence-electron chi connectivity index (χ0n) is 6.72. The Morgan fingerprint density at radius 1 is 1.14 bits per heavy atom. The Morgan fingerprint density at radius 3 is 2.00 bits per heavy atom. The van der Waals surface area contributed by atoms with Gasteiger partial charge in [0, 0.05) is 23.0 Å². The first kappa shape index (κ1) is 15.0. The van der Waals surface area contributed by atoms with Gasteiger partial charge in [0.1, 0.15) is 5.69 Å². The van der Waals surface area contributed by atoms with Crippen molar-refractivity contribution in [3.8, 4) is 0 Å². The summed E-state index contributed by atoms with van der Waals surface area (Å²) in [6, 6.07) is 2.34. The van der Waals surface area contributed by atoms with Crippen molar-refractivity contribution >= 4 is 11.9 Å². The van der Waals surface area contributed by atoms with Gasteiger partial charge in [-0.3, -0.25) is 0 Å². The first-order valence-corrected chi connectivity index (χ1v) is 3.04. The van der Waals surface area contributed by atoms with E-state index in [4.69, 9.17) is 10.2 Å². The van der Waals surface area contributed by atoms with Crippen molar-refractivity contribution < 1.29 is 42.1 Å². The van der Waals surface area contributed by atoms with Gasteiger partial charge in [0.05, 0.1) is 5.56 Å². The van der Waals surface area contributed by atoms with Crippen LogP contribution in [0.4, 0.5) is 0 Å². The second kappa shape index (κ2) is 6.08. The Balaban J connectivity index is 0. The summed E-state index contributed by atoms with van der Waals surface area (Å²) in [7, 11) is 0. The van der Waals surface area contributed by atoms with Gasteiger partial charge < -0.3 is 15.7 Å². The van der Waals surface area contributed by atoms with Gasteiger partial charge in [0.15, 0.2) is 0 Å². The molecule has 0 aliphatic carbocycles. The molecule has 0 spiro atoms. The molecular formula is C7H7CoNO5. The molecule has 0 amide bonds. The Labute approximate surface area is 89.1 Å². The number of carboxylic acids is 2. The third-order valence-corrected chi connectivity index (χ3v) is 1.23. The van der Waals surface area contributed by atoms with Crippen molar-refractivity contribution in [2.75, 3.05) is 0 Å². The molecule has 0 aliphatic heterocycles. The van der Waals surface area contributed by atoms with E-state index in [9.17, 15) is 9.59 Å². The van der Waals surface area contributed by atoms with Crippen molar-refractivity contribution in [1.29, 1.82) is 0 Å². The van der Waals surface area contributed by atoms with Crippen LogP contribution in [-0.2, 0) is 16.8 Å². The zero-order valence-corrected chi connectivity index (χ0v) is 7.76. The standard InChI is InChI=1S/C7H5NO4.Co.H2O/c9-6(10)4-1-2-5(7(11)12)8-3-4;;/h1-3H,(H,9,10)(H,11,12);;1H2. The third kappa shape index (κ3) is 3.52. The normalized spacial score (nSPS) is 8.00. The molecule has 1 aromatic heterocycles. The molecule has 6 nitrogen and oxygen atoms in total. The SMILES string of the molecule is O.O=C(O)c1ccc(C(=O)O)nc1.[Co]. The number of nitrogens with zero attached hydrogens (tertiary/aromatic N) is 1. The Kier molecular flexibility index (Phi) is 6.53. The van der Waals surface area contributed by atoms with Crippen LogP contribution in [0.5, 0.6) is 0 Å². The molecule has 1 rings (SSSR count). The van der Waals surface area contributed by atoms with E-state index in [2.05, 4.69) is 4.98 Å². The topological polar surface area (TPSA) is 119 Å². The van der Waals surface area contributed by atoms with Gasteiger partial charge in [-0.1, -0.05) is 0 Å². The fourth-order valence-electron chi connectivity index (χ4n) is 0.647. The largest absolute Gasteiger partial charge is 0.478 e. The van der Waals surface area contributed by atoms with E-state index in [1.165, 1.54) is 6.07 Å². The second-order valence-corrected chi connectivity index (χ2v) is 2.04. The van der Waals surface area contributed by atoms with E-state index >= 15 is 0 Å². The van der Waals surface area contributed by atoms with Crippen LogP contribution in [0.1, 0.15) is 20.8 Å². The zero-order chi connectivity index (χ0) is 9.14. The molecule has 4 N–H and O–H groups in total. The monoisotopic (exact) mass is 244 g/mol. The first-order chi connectivity index (χ1) is 5.61. The molecule has 7 heteroatoms. The molecule has 0 saturated heterocycles. The summed E-state index contributed by atoms with van der Waals surface area (Å²) < 4.78 is 0. The Morgan fingerprint density at radius 2 is 1.71 bits per heavy atom. The molecule has 0 aliphatic rings. The molecule has 0 bridgehead atoms. The second-order valence-electron chi connectivity index (χ2n) is 2.04. The summed E-state index contributed by atoms with van der Waals surface area (Å²) in [5.74, 6) is -2.30. The maximum Gasteiger partial charge on any atom is 0.354 e. The summed E-state index contributed by atoms with van der Waals surface area (Å²) in [6.45, 7) is 0. The van der Waals surface area contributed by atoms with Crippen LogP contribution in [0.15, 0.2) is 18.3 Å². The van der Waals surface area contributed by atoms with Crippen LogP contribution < -0.4 is 0 Å². The number of carbonyl (C=O) groups is 2. The third-order valence-electron chi connectivity index (χ3n) is 1.23. The molecule has 1 aromatic rings. The van der Waals surface area contributed by atoms with Crippen LogP contribution >= 0.6 is 0 Å². The van der Waals surface area contributed by atoms with E-state index in [1.54, 1.807) is 0 Å². The van der Waals surface area contributed by atoms with Crippen molar-refractivity contribution in [3.63, 3.8) is 0 Å². The van der Waals surface area contributed by atoms with Gasteiger partial charge in [-0.15, -0.1) is 0 Å². The Hall–Kier alpha value is -1.44. The minimum atomic E-state index is -1.17. The van der Waals surface area contributed by atoms with E-state index in [1.807, 2.05) is 0 Å². The van der Waals surface area contributed by atoms with Gasteiger partial charge in [-0.05, 0) is 12.1 Å². The van der Waals surface area contributed by atoms with E-state index in [0.717, 1.165) is 12.3 Å². The molecule has 14 heavy (non-hydrogen) atoms.